The second-order valence-electron chi connectivity index (χ2n) is 3.24. The average Bonchev–Trinajstić information content (AvgIpc) is 2.21. The van der Waals surface area contributed by atoms with Crippen LogP contribution in [0.25, 0.3) is 0 Å². The van der Waals surface area contributed by atoms with Crippen molar-refractivity contribution >= 4 is 5.91 Å². The molecular formula is C9H20N2O3. The Labute approximate surface area is 84.5 Å². The smallest absolute Gasteiger partial charge is 0.236 e. The van der Waals surface area contributed by atoms with Crippen LogP contribution in [-0.2, 0) is 4.79 Å². The summed E-state index contributed by atoms with van der Waals surface area (Å²) >= 11 is 0. The van der Waals surface area contributed by atoms with Crippen LogP contribution in [-0.4, -0.2) is 48.0 Å². The van der Waals surface area contributed by atoms with E-state index in [2.05, 4.69) is 10.6 Å². The predicted octanol–water partition coefficient (Wildman–Crippen LogP) is -1.16. The maximum atomic E-state index is 11.3. The second-order valence-corrected chi connectivity index (χ2v) is 3.24. The summed E-state index contributed by atoms with van der Waals surface area (Å²) in [7, 11) is 0. The number of hydrogen-bond acceptors (Lipinski definition) is 4. The van der Waals surface area contributed by atoms with Gasteiger partial charge >= 0.3 is 0 Å². The van der Waals surface area contributed by atoms with Gasteiger partial charge in [0.05, 0.1) is 25.3 Å². The minimum Gasteiger partial charge on any atom is -0.395 e. The van der Waals surface area contributed by atoms with Crippen LogP contribution in [0.1, 0.15) is 20.3 Å². The van der Waals surface area contributed by atoms with Crippen molar-refractivity contribution in [1.29, 1.82) is 0 Å². The summed E-state index contributed by atoms with van der Waals surface area (Å²) in [6.07, 6.45) is 0.891. The van der Waals surface area contributed by atoms with E-state index in [0.717, 1.165) is 6.42 Å². The van der Waals surface area contributed by atoms with Crippen LogP contribution in [0, 0.1) is 0 Å². The fourth-order valence-electron chi connectivity index (χ4n) is 0.994. The van der Waals surface area contributed by atoms with Crippen molar-refractivity contribution in [3.8, 4) is 0 Å². The number of amides is 1. The first-order chi connectivity index (χ1) is 6.65. The summed E-state index contributed by atoms with van der Waals surface area (Å²) in [6, 6.07) is -0.830. The molecule has 0 rings (SSSR count). The van der Waals surface area contributed by atoms with Crippen LogP contribution in [0.4, 0.5) is 0 Å². The molecule has 0 aliphatic carbocycles. The van der Waals surface area contributed by atoms with Crippen molar-refractivity contribution < 1.29 is 15.0 Å². The molecule has 0 bridgehead atoms. The molecule has 5 heteroatoms. The molecule has 1 amide bonds. The molecule has 0 heterocycles. The topological polar surface area (TPSA) is 81.6 Å². The molecule has 0 aromatic heterocycles. The van der Waals surface area contributed by atoms with E-state index in [1.807, 2.05) is 6.92 Å². The van der Waals surface area contributed by atoms with Crippen molar-refractivity contribution in [2.45, 2.75) is 32.4 Å². The zero-order chi connectivity index (χ0) is 11.0. The standard InChI is InChI=1S/C9H20N2O3/c1-3-4-10-9(14)7(2)11-8(5-12)6-13/h7-8,11-13H,3-6H2,1-2H3,(H,10,14). The number of carbonyl (C=O) groups excluding carboxylic acids is 1. The highest BCUT2D eigenvalue weighted by atomic mass is 16.3. The lowest BCUT2D eigenvalue weighted by Gasteiger charge is -2.19. The monoisotopic (exact) mass is 204 g/mol. The van der Waals surface area contributed by atoms with E-state index in [1.54, 1.807) is 6.92 Å². The van der Waals surface area contributed by atoms with Gasteiger partial charge < -0.3 is 15.5 Å². The highest BCUT2D eigenvalue weighted by molar-refractivity contribution is 5.81. The summed E-state index contributed by atoms with van der Waals surface area (Å²) < 4.78 is 0. The summed E-state index contributed by atoms with van der Waals surface area (Å²) in [4.78, 5) is 11.3. The molecule has 4 N–H and O–H groups in total. The molecule has 0 aromatic carbocycles. The van der Waals surface area contributed by atoms with Crippen molar-refractivity contribution in [3.05, 3.63) is 0 Å². The summed E-state index contributed by atoms with van der Waals surface area (Å²) in [5, 5.41) is 23.1. The van der Waals surface area contributed by atoms with E-state index in [-0.39, 0.29) is 19.1 Å². The fourth-order valence-corrected chi connectivity index (χ4v) is 0.994. The Kier molecular flexibility index (Phi) is 7.37. The molecule has 5 nitrogen and oxygen atoms in total. The van der Waals surface area contributed by atoms with Gasteiger partial charge in [-0.2, -0.15) is 0 Å². The first-order valence-corrected chi connectivity index (χ1v) is 4.91. The van der Waals surface area contributed by atoms with Crippen LogP contribution < -0.4 is 10.6 Å². The zero-order valence-corrected chi connectivity index (χ0v) is 8.79. The van der Waals surface area contributed by atoms with Crippen LogP contribution in [0.5, 0.6) is 0 Å². The molecule has 14 heavy (non-hydrogen) atoms. The Balaban J connectivity index is 3.81. The molecule has 0 aromatic rings. The van der Waals surface area contributed by atoms with E-state index >= 15 is 0 Å². The molecule has 0 spiro atoms. The van der Waals surface area contributed by atoms with Crippen molar-refractivity contribution in [2.24, 2.45) is 0 Å². The second kappa shape index (κ2) is 7.73. The summed E-state index contributed by atoms with van der Waals surface area (Å²) in [5.74, 6) is -0.112. The number of hydrogen-bond donors (Lipinski definition) is 4. The first-order valence-electron chi connectivity index (χ1n) is 4.91. The van der Waals surface area contributed by atoms with Crippen LogP contribution >= 0.6 is 0 Å². The van der Waals surface area contributed by atoms with Gasteiger partial charge in [0, 0.05) is 6.54 Å². The van der Waals surface area contributed by atoms with E-state index in [0.29, 0.717) is 6.54 Å². The number of rotatable bonds is 7. The van der Waals surface area contributed by atoms with E-state index < -0.39 is 12.1 Å². The normalized spacial score (nSPS) is 12.9. The highest BCUT2D eigenvalue weighted by Gasteiger charge is 2.15. The maximum Gasteiger partial charge on any atom is 0.236 e. The molecular weight excluding hydrogens is 184 g/mol. The summed E-state index contributed by atoms with van der Waals surface area (Å²) in [5.41, 5.74) is 0. The Bertz CT molecular complexity index is 160. The fraction of sp³-hybridized carbons (Fsp3) is 0.889. The van der Waals surface area contributed by atoms with Gasteiger partial charge in [-0.3, -0.25) is 10.1 Å². The van der Waals surface area contributed by atoms with Gasteiger partial charge in [-0.05, 0) is 13.3 Å². The van der Waals surface area contributed by atoms with Crippen molar-refractivity contribution in [2.75, 3.05) is 19.8 Å². The minimum atomic E-state index is -0.433. The van der Waals surface area contributed by atoms with E-state index in [9.17, 15) is 4.79 Å². The number of nitrogens with one attached hydrogen (secondary N) is 2. The molecule has 84 valence electrons. The Morgan fingerprint density at radius 2 is 1.93 bits per heavy atom. The number of aliphatic hydroxyl groups excluding tert-OH is 2. The largest absolute Gasteiger partial charge is 0.395 e. The van der Waals surface area contributed by atoms with E-state index in [4.69, 9.17) is 10.2 Å². The maximum absolute atomic E-state index is 11.3. The number of aliphatic hydroxyl groups is 2. The molecule has 1 unspecified atom stereocenters. The quantitative estimate of drug-likeness (QED) is 0.422. The molecule has 1 atom stereocenters. The Morgan fingerprint density at radius 1 is 1.36 bits per heavy atom. The Hall–Kier alpha value is -0.650. The van der Waals surface area contributed by atoms with Gasteiger partial charge in [0.15, 0.2) is 0 Å². The third-order valence-electron chi connectivity index (χ3n) is 1.87. The third-order valence-corrected chi connectivity index (χ3v) is 1.87. The predicted molar refractivity (Wildman–Crippen MR) is 53.9 cm³/mol. The molecule has 0 saturated carbocycles. The van der Waals surface area contributed by atoms with Gasteiger partial charge in [-0.1, -0.05) is 6.92 Å². The lowest BCUT2D eigenvalue weighted by molar-refractivity contribution is -0.123. The van der Waals surface area contributed by atoms with Gasteiger partial charge in [0.25, 0.3) is 0 Å². The molecule has 0 aliphatic heterocycles. The lowest BCUT2D eigenvalue weighted by atomic mass is 10.2. The Morgan fingerprint density at radius 3 is 2.36 bits per heavy atom. The average molecular weight is 204 g/mol. The molecule has 0 saturated heterocycles. The third kappa shape index (κ3) is 5.16. The van der Waals surface area contributed by atoms with Gasteiger partial charge in [-0.25, -0.2) is 0 Å². The zero-order valence-electron chi connectivity index (χ0n) is 8.79. The molecule has 0 radical (unpaired) electrons. The van der Waals surface area contributed by atoms with Gasteiger partial charge in [0.1, 0.15) is 0 Å². The van der Waals surface area contributed by atoms with Crippen molar-refractivity contribution in [3.63, 3.8) is 0 Å². The lowest BCUT2D eigenvalue weighted by Crippen LogP contribution is -2.49. The van der Waals surface area contributed by atoms with Crippen LogP contribution in [0.3, 0.4) is 0 Å². The highest BCUT2D eigenvalue weighted by Crippen LogP contribution is 1.87. The SMILES string of the molecule is CCCNC(=O)C(C)NC(CO)CO. The molecule has 0 aliphatic rings. The number of carbonyl (C=O) groups is 1. The van der Waals surface area contributed by atoms with Crippen LogP contribution in [0.15, 0.2) is 0 Å². The van der Waals surface area contributed by atoms with E-state index in [1.165, 1.54) is 0 Å². The van der Waals surface area contributed by atoms with Crippen LogP contribution in [0.2, 0.25) is 0 Å². The van der Waals surface area contributed by atoms with Crippen molar-refractivity contribution in [1.82, 2.24) is 10.6 Å². The minimum absolute atomic E-state index is 0.112. The first kappa shape index (κ1) is 13.4. The summed E-state index contributed by atoms with van der Waals surface area (Å²) in [6.45, 7) is 3.96. The molecule has 0 fully saturated rings. The van der Waals surface area contributed by atoms with Gasteiger partial charge in [-0.15, -0.1) is 0 Å². The van der Waals surface area contributed by atoms with Gasteiger partial charge in [0.2, 0.25) is 5.91 Å².